The topological polar surface area (TPSA) is 35.1 Å². The summed E-state index contributed by atoms with van der Waals surface area (Å²) in [5, 5.41) is 2.36. The summed E-state index contributed by atoms with van der Waals surface area (Å²) in [5.74, 6) is 0.570. The Labute approximate surface area is 98.9 Å². The molecule has 1 saturated heterocycles. The van der Waals surface area contributed by atoms with Gasteiger partial charge in [-0.1, -0.05) is 20.3 Å². The maximum Gasteiger partial charge on any atom is 0.169 e. The van der Waals surface area contributed by atoms with E-state index in [2.05, 4.69) is 19.2 Å². The Morgan fingerprint density at radius 3 is 2.69 bits per heavy atom. The van der Waals surface area contributed by atoms with Crippen LogP contribution < -0.4 is 5.32 Å². The van der Waals surface area contributed by atoms with Crippen molar-refractivity contribution in [3.8, 4) is 0 Å². The summed E-state index contributed by atoms with van der Waals surface area (Å²) in [6.45, 7) is 7.55. The van der Waals surface area contributed by atoms with E-state index >= 15 is 0 Å². The molecule has 16 heavy (non-hydrogen) atoms. The smallest absolute Gasteiger partial charge is 0.169 e. The van der Waals surface area contributed by atoms with Crippen molar-refractivity contribution in [2.45, 2.75) is 57.8 Å². The van der Waals surface area contributed by atoms with Crippen LogP contribution in [0.2, 0.25) is 0 Å². The molecule has 0 aromatic carbocycles. The van der Waals surface area contributed by atoms with Crippen LogP contribution in [0.1, 0.15) is 46.0 Å². The number of ether oxygens (including phenoxy) is 2. The highest BCUT2D eigenvalue weighted by Crippen LogP contribution is 2.37. The molecule has 1 spiro atoms. The van der Waals surface area contributed by atoms with Crippen molar-refractivity contribution in [2.24, 2.45) is 5.92 Å². The van der Waals surface area contributed by atoms with Gasteiger partial charge in [-0.2, -0.15) is 0 Å². The fourth-order valence-corrected chi connectivity index (χ4v) is 2.70. The van der Waals surface area contributed by atoms with Gasteiger partial charge in [0.25, 0.3) is 0 Å². The first kappa shape index (κ1) is 12.3. The summed E-state index contributed by atoms with van der Waals surface area (Å²) in [6.07, 6.45) is 6.40. The third kappa shape index (κ3) is 3.19. The SMILES string of the molecule is CC(C)C[NH2+]C[C@H]1COC2(CCCCC2)O1. The molecular formula is C13H26NO2+. The Morgan fingerprint density at radius 2 is 2.00 bits per heavy atom. The number of hydrogen-bond donors (Lipinski definition) is 1. The lowest BCUT2D eigenvalue weighted by Gasteiger charge is -2.31. The lowest BCUT2D eigenvalue weighted by molar-refractivity contribution is -0.665. The van der Waals surface area contributed by atoms with Crippen molar-refractivity contribution < 1.29 is 14.8 Å². The van der Waals surface area contributed by atoms with Crippen LogP contribution >= 0.6 is 0 Å². The summed E-state index contributed by atoms with van der Waals surface area (Å²) in [7, 11) is 0. The average molecular weight is 228 g/mol. The van der Waals surface area contributed by atoms with Gasteiger partial charge in [0.2, 0.25) is 0 Å². The Balaban J connectivity index is 1.70. The quantitative estimate of drug-likeness (QED) is 0.787. The molecule has 0 aromatic rings. The predicted octanol–water partition coefficient (Wildman–Crippen LogP) is 1.28. The molecule has 1 aliphatic carbocycles. The van der Waals surface area contributed by atoms with E-state index in [-0.39, 0.29) is 5.79 Å². The van der Waals surface area contributed by atoms with Gasteiger partial charge in [0.05, 0.1) is 13.2 Å². The van der Waals surface area contributed by atoms with Gasteiger partial charge in [0, 0.05) is 18.8 Å². The normalized spacial score (nSPS) is 29.1. The monoisotopic (exact) mass is 228 g/mol. The summed E-state index contributed by atoms with van der Waals surface area (Å²) in [6, 6.07) is 0. The zero-order chi connectivity index (χ0) is 11.4. The highest BCUT2D eigenvalue weighted by Gasteiger charge is 2.42. The molecule has 0 amide bonds. The van der Waals surface area contributed by atoms with Gasteiger partial charge in [0.1, 0.15) is 12.6 Å². The average Bonchev–Trinajstić information content (AvgIpc) is 2.62. The molecule has 1 saturated carbocycles. The van der Waals surface area contributed by atoms with Gasteiger partial charge < -0.3 is 14.8 Å². The Kier molecular flexibility index (Phi) is 4.22. The van der Waals surface area contributed by atoms with Crippen LogP contribution in [0, 0.1) is 5.92 Å². The van der Waals surface area contributed by atoms with Crippen molar-refractivity contribution in [1.82, 2.24) is 0 Å². The zero-order valence-electron chi connectivity index (χ0n) is 10.7. The van der Waals surface area contributed by atoms with Gasteiger partial charge in [-0.25, -0.2) is 0 Å². The van der Waals surface area contributed by atoms with E-state index in [0.29, 0.717) is 6.10 Å². The Bertz CT molecular complexity index is 212. The molecule has 2 fully saturated rings. The largest absolute Gasteiger partial charge is 0.347 e. The van der Waals surface area contributed by atoms with Gasteiger partial charge >= 0.3 is 0 Å². The van der Waals surface area contributed by atoms with E-state index in [1.165, 1.54) is 25.8 Å². The number of quaternary nitrogens is 1. The minimum Gasteiger partial charge on any atom is -0.347 e. The van der Waals surface area contributed by atoms with E-state index in [4.69, 9.17) is 9.47 Å². The van der Waals surface area contributed by atoms with Crippen molar-refractivity contribution >= 4 is 0 Å². The van der Waals surface area contributed by atoms with E-state index in [1.54, 1.807) is 0 Å². The molecule has 2 rings (SSSR count). The molecule has 1 atom stereocenters. The van der Waals surface area contributed by atoms with Crippen molar-refractivity contribution in [3.63, 3.8) is 0 Å². The third-order valence-electron chi connectivity index (χ3n) is 3.60. The standard InChI is InChI=1S/C13H25NO2/c1-11(2)8-14-9-12-10-15-13(16-12)6-4-3-5-7-13/h11-12,14H,3-10H2,1-2H3/p+1/t12-/m0/s1. The summed E-state index contributed by atoms with van der Waals surface area (Å²) in [5.41, 5.74) is 0. The summed E-state index contributed by atoms with van der Waals surface area (Å²) >= 11 is 0. The van der Waals surface area contributed by atoms with Crippen LogP contribution in [0.3, 0.4) is 0 Å². The maximum absolute atomic E-state index is 6.12. The molecule has 94 valence electrons. The second-order valence-corrected chi connectivity index (χ2v) is 5.68. The number of nitrogens with two attached hydrogens (primary N) is 1. The van der Waals surface area contributed by atoms with Gasteiger partial charge in [0.15, 0.2) is 5.79 Å². The van der Waals surface area contributed by atoms with Crippen LogP contribution in [0.4, 0.5) is 0 Å². The first-order chi connectivity index (χ1) is 7.70. The van der Waals surface area contributed by atoms with Crippen molar-refractivity contribution in [3.05, 3.63) is 0 Å². The third-order valence-corrected chi connectivity index (χ3v) is 3.60. The van der Waals surface area contributed by atoms with Crippen LogP contribution in [-0.4, -0.2) is 31.6 Å². The molecule has 2 N–H and O–H groups in total. The minimum atomic E-state index is -0.186. The van der Waals surface area contributed by atoms with E-state index in [1.807, 2.05) is 0 Å². The van der Waals surface area contributed by atoms with Crippen LogP contribution in [-0.2, 0) is 9.47 Å². The second-order valence-electron chi connectivity index (χ2n) is 5.68. The first-order valence-corrected chi connectivity index (χ1v) is 6.84. The van der Waals surface area contributed by atoms with E-state index in [0.717, 1.165) is 31.9 Å². The van der Waals surface area contributed by atoms with Crippen LogP contribution in [0.15, 0.2) is 0 Å². The number of rotatable bonds is 4. The van der Waals surface area contributed by atoms with Crippen LogP contribution in [0.5, 0.6) is 0 Å². The minimum absolute atomic E-state index is 0.186. The number of hydrogen-bond acceptors (Lipinski definition) is 2. The van der Waals surface area contributed by atoms with E-state index in [9.17, 15) is 0 Å². The van der Waals surface area contributed by atoms with Gasteiger partial charge in [-0.3, -0.25) is 0 Å². The highest BCUT2D eigenvalue weighted by molar-refractivity contribution is 4.81. The fraction of sp³-hybridized carbons (Fsp3) is 1.00. The molecule has 0 radical (unpaired) electrons. The second kappa shape index (κ2) is 5.48. The molecular weight excluding hydrogens is 202 g/mol. The molecule has 3 nitrogen and oxygen atoms in total. The summed E-state index contributed by atoms with van der Waals surface area (Å²) in [4.78, 5) is 0. The van der Waals surface area contributed by atoms with Gasteiger partial charge in [-0.15, -0.1) is 0 Å². The zero-order valence-corrected chi connectivity index (χ0v) is 10.7. The lowest BCUT2D eigenvalue weighted by Crippen LogP contribution is -2.87. The first-order valence-electron chi connectivity index (χ1n) is 6.84. The molecule has 0 unspecified atom stereocenters. The Morgan fingerprint density at radius 1 is 1.25 bits per heavy atom. The van der Waals surface area contributed by atoms with Crippen molar-refractivity contribution in [2.75, 3.05) is 19.7 Å². The van der Waals surface area contributed by atoms with Crippen molar-refractivity contribution in [1.29, 1.82) is 0 Å². The molecule has 1 heterocycles. The molecule has 2 aliphatic rings. The van der Waals surface area contributed by atoms with Gasteiger partial charge in [-0.05, 0) is 12.8 Å². The molecule has 1 aliphatic heterocycles. The lowest BCUT2D eigenvalue weighted by atomic mass is 9.94. The highest BCUT2D eigenvalue weighted by atomic mass is 16.7. The maximum atomic E-state index is 6.12. The molecule has 0 aromatic heterocycles. The Hall–Kier alpha value is -0.120. The fourth-order valence-electron chi connectivity index (χ4n) is 2.70. The molecule has 0 bridgehead atoms. The molecule has 3 heteroatoms. The van der Waals surface area contributed by atoms with E-state index < -0.39 is 0 Å². The summed E-state index contributed by atoms with van der Waals surface area (Å²) < 4.78 is 12.0. The van der Waals surface area contributed by atoms with Crippen LogP contribution in [0.25, 0.3) is 0 Å². The predicted molar refractivity (Wildman–Crippen MR) is 63.1 cm³/mol.